The van der Waals surface area contributed by atoms with Gasteiger partial charge in [0.15, 0.2) is 12.1 Å². The van der Waals surface area contributed by atoms with Gasteiger partial charge >= 0.3 is 0 Å². The van der Waals surface area contributed by atoms with E-state index in [0.29, 0.717) is 0 Å². The molecule has 148 valence electrons. The molecule has 0 spiro atoms. The molecule has 3 rings (SSSR count). The Morgan fingerprint density at radius 3 is 2.67 bits per heavy atom. The largest absolute Gasteiger partial charge is 0.388 e. The molecule has 0 aliphatic carbocycles. The number of halogens is 1. The van der Waals surface area contributed by atoms with Crippen molar-refractivity contribution in [3.8, 4) is 0 Å². The zero-order valence-corrected chi connectivity index (χ0v) is 16.7. The van der Waals surface area contributed by atoms with E-state index in [-0.39, 0.29) is 18.8 Å². The zero-order valence-electron chi connectivity index (χ0n) is 15.2. The quantitative estimate of drug-likeness (QED) is 0.660. The molecule has 1 unspecified atom stereocenters. The smallest absolute Gasteiger partial charge is 0.158 e. The van der Waals surface area contributed by atoms with Gasteiger partial charge in [-0.25, -0.2) is 0 Å². The first-order chi connectivity index (χ1) is 13.0. The van der Waals surface area contributed by atoms with Crippen LogP contribution in [0.2, 0.25) is 0 Å². The minimum atomic E-state index is -1.18. The number of ether oxygens (including phenoxy) is 3. The van der Waals surface area contributed by atoms with Crippen molar-refractivity contribution in [3.63, 3.8) is 0 Å². The van der Waals surface area contributed by atoms with E-state index in [2.05, 4.69) is 15.9 Å². The fourth-order valence-corrected chi connectivity index (χ4v) is 3.59. The van der Waals surface area contributed by atoms with Crippen LogP contribution < -0.4 is 0 Å². The van der Waals surface area contributed by atoms with E-state index in [0.717, 1.165) is 22.9 Å². The number of hydrogen-bond donors (Lipinski definition) is 2. The highest BCUT2D eigenvalue weighted by Gasteiger charge is 2.48. The van der Waals surface area contributed by atoms with Crippen molar-refractivity contribution < 1.29 is 29.2 Å². The highest BCUT2D eigenvalue weighted by atomic mass is 79.9. The van der Waals surface area contributed by atoms with Crippen molar-refractivity contribution >= 4 is 27.8 Å². The van der Waals surface area contributed by atoms with Crippen LogP contribution in [0.25, 0.3) is 6.08 Å². The van der Waals surface area contributed by atoms with Gasteiger partial charge in [-0.3, -0.25) is 4.79 Å². The molecule has 2 heterocycles. The van der Waals surface area contributed by atoms with Crippen LogP contribution in [0.1, 0.15) is 31.7 Å². The predicted molar refractivity (Wildman–Crippen MR) is 103 cm³/mol. The van der Waals surface area contributed by atoms with E-state index < -0.39 is 36.8 Å². The molecule has 0 amide bonds. The van der Waals surface area contributed by atoms with Crippen LogP contribution >= 0.6 is 15.9 Å². The van der Waals surface area contributed by atoms with E-state index in [1.807, 2.05) is 31.2 Å². The summed E-state index contributed by atoms with van der Waals surface area (Å²) in [7, 11) is 0. The minimum Gasteiger partial charge on any atom is -0.388 e. The molecule has 2 aliphatic rings. The first-order valence-corrected chi connectivity index (χ1v) is 10.0. The molecule has 27 heavy (non-hydrogen) atoms. The summed E-state index contributed by atoms with van der Waals surface area (Å²) in [6.45, 7) is 2.30. The van der Waals surface area contributed by atoms with Gasteiger partial charge in [-0.2, -0.15) is 0 Å². The molecule has 2 aliphatic heterocycles. The summed E-state index contributed by atoms with van der Waals surface area (Å²) < 4.78 is 18.1. The lowest BCUT2D eigenvalue weighted by atomic mass is 9.91. The van der Waals surface area contributed by atoms with Crippen LogP contribution in [0.3, 0.4) is 0 Å². The van der Waals surface area contributed by atoms with E-state index in [1.165, 1.54) is 6.08 Å². The minimum absolute atomic E-state index is 0.0210. The highest BCUT2D eigenvalue weighted by molar-refractivity contribution is 9.10. The second-order valence-corrected chi connectivity index (χ2v) is 7.82. The predicted octanol–water partition coefficient (Wildman–Crippen LogP) is 2.45. The Labute approximate surface area is 167 Å². The van der Waals surface area contributed by atoms with Gasteiger partial charge in [0, 0.05) is 10.9 Å². The van der Waals surface area contributed by atoms with Crippen molar-refractivity contribution in [2.24, 2.45) is 0 Å². The third kappa shape index (κ3) is 5.25. The van der Waals surface area contributed by atoms with Gasteiger partial charge < -0.3 is 24.4 Å². The van der Waals surface area contributed by atoms with Crippen molar-refractivity contribution in [1.29, 1.82) is 0 Å². The molecular formula is C20H25BrO6. The summed E-state index contributed by atoms with van der Waals surface area (Å²) in [4.78, 5) is 12.3. The molecule has 2 N–H and O–H groups in total. The SMILES string of the molecule is CCCC1OC[C@H]2O[C@@H](CC(=O)/C=C/c3ccc(Br)cc3)[C@H](O)[C@@H](O)[C@@H]2O1. The summed E-state index contributed by atoms with van der Waals surface area (Å²) in [5.74, 6) is -0.186. The van der Waals surface area contributed by atoms with Gasteiger partial charge in [0.1, 0.15) is 24.4 Å². The van der Waals surface area contributed by atoms with E-state index in [9.17, 15) is 15.0 Å². The molecule has 0 saturated carbocycles. The fraction of sp³-hybridized carbons (Fsp3) is 0.550. The maximum absolute atomic E-state index is 12.3. The molecule has 0 radical (unpaired) electrons. The van der Waals surface area contributed by atoms with E-state index >= 15 is 0 Å². The molecule has 7 heteroatoms. The van der Waals surface area contributed by atoms with Crippen LogP contribution in [-0.4, -0.2) is 59.4 Å². The molecule has 6 atom stereocenters. The second-order valence-electron chi connectivity index (χ2n) is 6.90. The van der Waals surface area contributed by atoms with Gasteiger partial charge in [-0.05, 0) is 30.2 Å². The third-order valence-electron chi connectivity index (χ3n) is 4.80. The Bertz CT molecular complexity index is 659. The number of allylic oxidation sites excluding steroid dienone is 1. The standard InChI is InChI=1S/C20H25BrO6/c1-2-3-17-25-11-16-20(27-17)19(24)18(23)15(26-16)10-14(22)9-6-12-4-7-13(21)8-5-12/h4-9,15-20,23-24H,2-3,10-11H2,1H3/b9-6+/t15-,16+,17?,18-,19+,20+/m0/s1. The number of benzene rings is 1. The van der Waals surface area contributed by atoms with Gasteiger partial charge in [-0.1, -0.05) is 47.5 Å². The lowest BCUT2D eigenvalue weighted by molar-refractivity contribution is -0.325. The van der Waals surface area contributed by atoms with E-state index in [1.54, 1.807) is 6.08 Å². The van der Waals surface area contributed by atoms with Crippen molar-refractivity contribution in [2.75, 3.05) is 6.61 Å². The van der Waals surface area contributed by atoms with Crippen molar-refractivity contribution in [2.45, 2.75) is 63.0 Å². The number of carbonyl (C=O) groups is 1. The molecule has 2 saturated heterocycles. The van der Waals surface area contributed by atoms with Gasteiger partial charge in [0.05, 0.1) is 12.7 Å². The van der Waals surface area contributed by atoms with Crippen molar-refractivity contribution in [3.05, 3.63) is 40.4 Å². The Kier molecular flexibility index (Phi) is 7.19. The lowest BCUT2D eigenvalue weighted by Crippen LogP contribution is -2.62. The number of ketones is 1. The molecular weight excluding hydrogens is 416 g/mol. The maximum Gasteiger partial charge on any atom is 0.158 e. The topological polar surface area (TPSA) is 85.2 Å². The molecule has 2 fully saturated rings. The number of carbonyl (C=O) groups excluding carboxylic acids is 1. The zero-order chi connectivity index (χ0) is 19.4. The summed E-state index contributed by atoms with van der Waals surface area (Å²) in [6, 6.07) is 7.56. The number of rotatable bonds is 6. The fourth-order valence-electron chi connectivity index (χ4n) is 3.32. The summed E-state index contributed by atoms with van der Waals surface area (Å²) in [5, 5.41) is 20.8. The van der Waals surface area contributed by atoms with Crippen LogP contribution in [0.5, 0.6) is 0 Å². The van der Waals surface area contributed by atoms with Gasteiger partial charge in [0.2, 0.25) is 0 Å². The Morgan fingerprint density at radius 1 is 1.22 bits per heavy atom. The number of aliphatic hydroxyl groups excluding tert-OH is 2. The molecule has 1 aromatic carbocycles. The first-order valence-electron chi connectivity index (χ1n) is 9.23. The number of aliphatic hydroxyl groups is 2. The van der Waals surface area contributed by atoms with Gasteiger partial charge in [-0.15, -0.1) is 0 Å². The van der Waals surface area contributed by atoms with Crippen LogP contribution in [-0.2, 0) is 19.0 Å². The molecule has 0 aromatic heterocycles. The molecule has 0 bridgehead atoms. The third-order valence-corrected chi connectivity index (χ3v) is 5.33. The summed E-state index contributed by atoms with van der Waals surface area (Å²) >= 11 is 3.36. The van der Waals surface area contributed by atoms with Crippen molar-refractivity contribution in [1.82, 2.24) is 0 Å². The summed E-state index contributed by atoms with van der Waals surface area (Å²) in [5.41, 5.74) is 0.896. The Morgan fingerprint density at radius 2 is 1.96 bits per heavy atom. The highest BCUT2D eigenvalue weighted by Crippen LogP contribution is 2.30. The monoisotopic (exact) mass is 440 g/mol. The Hall–Kier alpha value is -1.09. The summed E-state index contributed by atoms with van der Waals surface area (Å²) in [6.07, 6.45) is 0.142. The lowest BCUT2D eigenvalue weighted by Gasteiger charge is -2.46. The van der Waals surface area contributed by atoms with E-state index in [4.69, 9.17) is 14.2 Å². The number of hydrogen-bond acceptors (Lipinski definition) is 6. The average Bonchev–Trinajstić information content (AvgIpc) is 2.66. The Balaban J connectivity index is 1.58. The normalized spacial score (nSPS) is 33.8. The molecule has 6 nitrogen and oxygen atoms in total. The van der Waals surface area contributed by atoms with Crippen LogP contribution in [0, 0.1) is 0 Å². The van der Waals surface area contributed by atoms with Crippen LogP contribution in [0.15, 0.2) is 34.8 Å². The van der Waals surface area contributed by atoms with Crippen LogP contribution in [0.4, 0.5) is 0 Å². The van der Waals surface area contributed by atoms with Gasteiger partial charge in [0.25, 0.3) is 0 Å². The number of fused-ring (bicyclic) bond motifs is 1. The average molecular weight is 441 g/mol. The maximum atomic E-state index is 12.3. The molecule has 1 aromatic rings. The first kappa shape index (κ1) is 20.6. The second kappa shape index (κ2) is 9.41.